The maximum atomic E-state index is 12.3. The minimum atomic E-state index is -1.02. The molecule has 1 saturated heterocycles. The molecule has 1 aliphatic heterocycles. The number of rotatable bonds is 5. The van der Waals surface area contributed by atoms with E-state index in [9.17, 15) is 4.79 Å². The molecule has 1 fully saturated rings. The molecule has 0 bridgehead atoms. The lowest BCUT2D eigenvalue weighted by Crippen LogP contribution is -2.53. The lowest BCUT2D eigenvalue weighted by molar-refractivity contribution is -0.131. The summed E-state index contributed by atoms with van der Waals surface area (Å²) in [6, 6.07) is 0.0712. The summed E-state index contributed by atoms with van der Waals surface area (Å²) >= 11 is 0. The third-order valence-corrected chi connectivity index (χ3v) is 4.43. The quantitative estimate of drug-likeness (QED) is 0.309. The second-order valence-electron chi connectivity index (χ2n) is 6.01. The predicted molar refractivity (Wildman–Crippen MR) is 77.6 cm³/mol. The average Bonchev–Trinajstić information content (AvgIpc) is 2.46. The fourth-order valence-electron chi connectivity index (χ4n) is 2.50. The Labute approximate surface area is 120 Å². The van der Waals surface area contributed by atoms with Gasteiger partial charge in [-0.25, -0.2) is 0 Å². The van der Waals surface area contributed by atoms with Crippen molar-refractivity contribution in [2.24, 2.45) is 16.3 Å². The van der Waals surface area contributed by atoms with E-state index >= 15 is 0 Å². The largest absolute Gasteiger partial charge is 0.409 e. The van der Waals surface area contributed by atoms with Crippen LogP contribution in [0.4, 0.5) is 0 Å². The van der Waals surface area contributed by atoms with Crippen molar-refractivity contribution >= 4 is 11.7 Å². The van der Waals surface area contributed by atoms with Gasteiger partial charge in [-0.3, -0.25) is 4.79 Å². The standard InChI is InChI=1S/C14H27N3O3/c1-5-14(6-2)9-10(7-8-20-14)16-12(18)13(3,4)11(15)17-19/h10,19H,5-9H2,1-4H3,(H2,15,17)(H,16,18). The van der Waals surface area contributed by atoms with Crippen LogP contribution in [0.2, 0.25) is 0 Å². The third kappa shape index (κ3) is 3.42. The van der Waals surface area contributed by atoms with Gasteiger partial charge in [-0.15, -0.1) is 0 Å². The summed E-state index contributed by atoms with van der Waals surface area (Å²) < 4.78 is 5.89. The van der Waals surface area contributed by atoms with E-state index in [4.69, 9.17) is 15.7 Å². The molecule has 0 saturated carbocycles. The predicted octanol–water partition coefficient (Wildman–Crippen LogP) is 1.61. The van der Waals surface area contributed by atoms with Gasteiger partial charge in [-0.2, -0.15) is 0 Å². The van der Waals surface area contributed by atoms with Crippen LogP contribution >= 0.6 is 0 Å². The first kappa shape index (κ1) is 16.8. The van der Waals surface area contributed by atoms with Crippen LogP contribution in [0.25, 0.3) is 0 Å². The number of nitrogens with zero attached hydrogens (tertiary/aromatic N) is 1. The van der Waals surface area contributed by atoms with Crippen molar-refractivity contribution < 1.29 is 14.7 Å². The topological polar surface area (TPSA) is 96.9 Å². The van der Waals surface area contributed by atoms with Gasteiger partial charge in [0.05, 0.1) is 5.60 Å². The van der Waals surface area contributed by atoms with Crippen LogP contribution in [0.15, 0.2) is 5.16 Å². The fourth-order valence-corrected chi connectivity index (χ4v) is 2.50. The molecular weight excluding hydrogens is 258 g/mol. The van der Waals surface area contributed by atoms with Gasteiger partial charge in [-0.05, 0) is 39.5 Å². The molecule has 0 aromatic heterocycles. The molecule has 0 radical (unpaired) electrons. The first-order chi connectivity index (χ1) is 9.31. The molecule has 1 amide bonds. The minimum absolute atomic E-state index is 0.0712. The number of hydrogen-bond donors (Lipinski definition) is 3. The Kier molecular flexibility index (Phi) is 5.39. The minimum Gasteiger partial charge on any atom is -0.409 e. The summed E-state index contributed by atoms with van der Waals surface area (Å²) in [6.07, 6.45) is 3.46. The molecule has 1 heterocycles. The van der Waals surface area contributed by atoms with E-state index in [-0.39, 0.29) is 23.4 Å². The van der Waals surface area contributed by atoms with Gasteiger partial charge in [0, 0.05) is 12.6 Å². The van der Waals surface area contributed by atoms with E-state index in [1.165, 1.54) is 0 Å². The lowest BCUT2D eigenvalue weighted by Gasteiger charge is -2.41. The summed E-state index contributed by atoms with van der Waals surface area (Å²) in [5.74, 6) is -0.305. The second kappa shape index (κ2) is 6.43. The lowest BCUT2D eigenvalue weighted by atomic mass is 9.84. The van der Waals surface area contributed by atoms with Crippen molar-refractivity contribution in [1.82, 2.24) is 5.32 Å². The van der Waals surface area contributed by atoms with Crippen LogP contribution in [0.3, 0.4) is 0 Å². The van der Waals surface area contributed by atoms with Crippen molar-refractivity contribution in [3.05, 3.63) is 0 Å². The highest BCUT2D eigenvalue weighted by molar-refractivity contribution is 6.05. The van der Waals surface area contributed by atoms with E-state index in [0.29, 0.717) is 6.61 Å². The van der Waals surface area contributed by atoms with E-state index in [1.54, 1.807) is 13.8 Å². The number of hydrogen-bond acceptors (Lipinski definition) is 4. The molecule has 20 heavy (non-hydrogen) atoms. The molecule has 116 valence electrons. The summed E-state index contributed by atoms with van der Waals surface area (Å²) in [5, 5.41) is 14.7. The van der Waals surface area contributed by atoms with Crippen LogP contribution in [0, 0.1) is 5.41 Å². The van der Waals surface area contributed by atoms with Gasteiger partial charge in [0.25, 0.3) is 0 Å². The van der Waals surface area contributed by atoms with Crippen molar-refractivity contribution in [2.45, 2.75) is 65.0 Å². The van der Waals surface area contributed by atoms with Crippen LogP contribution in [-0.2, 0) is 9.53 Å². The molecule has 1 aliphatic rings. The third-order valence-electron chi connectivity index (χ3n) is 4.43. The highest BCUT2D eigenvalue weighted by Gasteiger charge is 2.38. The number of oxime groups is 1. The Morgan fingerprint density at radius 1 is 1.50 bits per heavy atom. The molecule has 1 unspecified atom stereocenters. The first-order valence-electron chi connectivity index (χ1n) is 7.24. The first-order valence-corrected chi connectivity index (χ1v) is 7.24. The van der Waals surface area contributed by atoms with Crippen molar-refractivity contribution in [3.8, 4) is 0 Å². The normalized spacial score (nSPS) is 23.4. The maximum absolute atomic E-state index is 12.3. The van der Waals surface area contributed by atoms with Gasteiger partial charge in [0.15, 0.2) is 5.84 Å². The molecule has 1 rings (SSSR count). The zero-order chi connectivity index (χ0) is 15.4. The Balaban J connectivity index is 2.71. The van der Waals surface area contributed by atoms with Crippen molar-refractivity contribution in [2.75, 3.05) is 6.61 Å². The van der Waals surface area contributed by atoms with Gasteiger partial charge in [-0.1, -0.05) is 19.0 Å². The SMILES string of the molecule is CCC1(CC)CC(NC(=O)C(C)(C)C(N)=NO)CCO1. The number of amides is 1. The highest BCUT2D eigenvalue weighted by atomic mass is 16.5. The van der Waals surface area contributed by atoms with Crippen molar-refractivity contribution in [3.63, 3.8) is 0 Å². The van der Waals surface area contributed by atoms with Crippen LogP contribution < -0.4 is 11.1 Å². The zero-order valence-electron chi connectivity index (χ0n) is 12.9. The Morgan fingerprint density at radius 3 is 2.60 bits per heavy atom. The van der Waals surface area contributed by atoms with Crippen LogP contribution in [0.5, 0.6) is 0 Å². The second-order valence-corrected chi connectivity index (χ2v) is 6.01. The number of nitrogens with one attached hydrogen (secondary N) is 1. The number of ether oxygens (including phenoxy) is 1. The summed E-state index contributed by atoms with van der Waals surface area (Å²) in [5.41, 5.74) is 4.42. The van der Waals surface area contributed by atoms with E-state index < -0.39 is 5.41 Å². The maximum Gasteiger partial charge on any atom is 0.233 e. The molecule has 0 aromatic rings. The van der Waals surface area contributed by atoms with Gasteiger partial charge in [0.1, 0.15) is 5.41 Å². The molecule has 0 spiro atoms. The number of carbonyl (C=O) groups excluding carboxylic acids is 1. The Hall–Kier alpha value is -1.30. The summed E-state index contributed by atoms with van der Waals surface area (Å²) in [6.45, 7) is 8.14. The highest BCUT2D eigenvalue weighted by Crippen LogP contribution is 2.31. The molecule has 1 atom stereocenters. The zero-order valence-corrected chi connectivity index (χ0v) is 12.9. The molecule has 4 N–H and O–H groups in total. The monoisotopic (exact) mass is 285 g/mol. The Bertz CT molecular complexity index is 376. The van der Waals surface area contributed by atoms with E-state index in [2.05, 4.69) is 24.3 Å². The number of nitrogens with two attached hydrogens (primary N) is 1. The Morgan fingerprint density at radius 2 is 2.10 bits per heavy atom. The molecule has 6 nitrogen and oxygen atoms in total. The summed E-state index contributed by atoms with van der Waals surface area (Å²) in [4.78, 5) is 12.3. The van der Waals surface area contributed by atoms with Crippen LogP contribution in [-0.4, -0.2) is 35.2 Å². The van der Waals surface area contributed by atoms with Crippen LogP contribution in [0.1, 0.15) is 53.4 Å². The van der Waals surface area contributed by atoms with Crippen molar-refractivity contribution in [1.29, 1.82) is 0 Å². The van der Waals surface area contributed by atoms with E-state index in [0.717, 1.165) is 25.7 Å². The molecular formula is C14H27N3O3. The van der Waals surface area contributed by atoms with Gasteiger partial charge in [0.2, 0.25) is 5.91 Å². The number of carbonyl (C=O) groups is 1. The number of amidine groups is 1. The van der Waals surface area contributed by atoms with Gasteiger partial charge >= 0.3 is 0 Å². The fraction of sp³-hybridized carbons (Fsp3) is 0.857. The average molecular weight is 285 g/mol. The summed E-state index contributed by atoms with van der Waals surface area (Å²) in [7, 11) is 0. The molecule has 0 aliphatic carbocycles. The smallest absolute Gasteiger partial charge is 0.233 e. The molecule has 0 aromatic carbocycles. The van der Waals surface area contributed by atoms with Gasteiger partial charge < -0.3 is 21.0 Å². The molecule has 6 heteroatoms. The van der Waals surface area contributed by atoms with E-state index in [1.807, 2.05) is 0 Å².